The monoisotopic (exact) mass is 305 g/mol. The van der Waals surface area contributed by atoms with Crippen molar-refractivity contribution in [2.45, 2.75) is 38.1 Å². The van der Waals surface area contributed by atoms with E-state index in [4.69, 9.17) is 11.6 Å². The summed E-state index contributed by atoms with van der Waals surface area (Å²) >= 11 is 6.01. The van der Waals surface area contributed by atoms with Gasteiger partial charge in [-0.15, -0.1) is 11.6 Å². The second kappa shape index (κ2) is 6.89. The summed E-state index contributed by atoms with van der Waals surface area (Å²) in [6, 6.07) is 10.5. The van der Waals surface area contributed by atoms with Crippen molar-refractivity contribution in [2.75, 3.05) is 17.3 Å². The zero-order chi connectivity index (χ0) is 14.5. The van der Waals surface area contributed by atoms with Crippen molar-refractivity contribution >= 4 is 17.5 Å². The normalized spacial score (nSPS) is 16.0. The molecule has 0 unspecified atom stereocenters. The quantitative estimate of drug-likeness (QED) is 0.797. The summed E-state index contributed by atoms with van der Waals surface area (Å²) in [6.45, 7) is 0.777. The SMILES string of the molecule is ClCCN(c1nnnn1-c1ccccc1)C1CCCCC1. The fraction of sp³-hybridized carbons (Fsp3) is 0.533. The zero-order valence-electron chi connectivity index (χ0n) is 12.0. The minimum Gasteiger partial charge on any atom is -0.335 e. The van der Waals surface area contributed by atoms with Crippen molar-refractivity contribution in [2.24, 2.45) is 0 Å². The number of anilines is 1. The Labute approximate surface area is 129 Å². The highest BCUT2D eigenvalue weighted by Crippen LogP contribution is 2.26. The van der Waals surface area contributed by atoms with Crippen LogP contribution in [0.25, 0.3) is 5.69 Å². The molecule has 0 spiro atoms. The average molecular weight is 306 g/mol. The van der Waals surface area contributed by atoms with Crippen LogP contribution in [-0.4, -0.2) is 38.7 Å². The highest BCUT2D eigenvalue weighted by molar-refractivity contribution is 6.18. The predicted octanol–water partition coefficient (Wildman–Crippen LogP) is 3.04. The van der Waals surface area contributed by atoms with Crippen LogP contribution in [0.1, 0.15) is 32.1 Å². The van der Waals surface area contributed by atoms with E-state index in [9.17, 15) is 0 Å². The maximum Gasteiger partial charge on any atom is 0.250 e. The van der Waals surface area contributed by atoms with Gasteiger partial charge < -0.3 is 4.90 Å². The number of halogens is 1. The van der Waals surface area contributed by atoms with E-state index in [2.05, 4.69) is 20.4 Å². The van der Waals surface area contributed by atoms with Gasteiger partial charge in [0.25, 0.3) is 5.95 Å². The molecule has 112 valence electrons. The van der Waals surface area contributed by atoms with Crippen LogP contribution in [-0.2, 0) is 0 Å². The molecule has 0 N–H and O–H groups in total. The van der Waals surface area contributed by atoms with Gasteiger partial charge in [0.15, 0.2) is 0 Å². The number of hydrogen-bond donors (Lipinski definition) is 0. The highest BCUT2D eigenvalue weighted by atomic mass is 35.5. The van der Waals surface area contributed by atoms with E-state index in [0.29, 0.717) is 11.9 Å². The fourth-order valence-corrected chi connectivity index (χ4v) is 3.21. The van der Waals surface area contributed by atoms with E-state index < -0.39 is 0 Å². The van der Waals surface area contributed by atoms with E-state index >= 15 is 0 Å². The molecule has 0 radical (unpaired) electrons. The molecule has 2 aromatic rings. The average Bonchev–Trinajstić information content (AvgIpc) is 3.03. The van der Waals surface area contributed by atoms with Gasteiger partial charge in [0.1, 0.15) is 0 Å². The van der Waals surface area contributed by atoms with Crippen molar-refractivity contribution in [1.29, 1.82) is 0 Å². The number of alkyl halides is 1. The molecule has 1 aromatic carbocycles. The Kier molecular flexibility index (Phi) is 4.70. The fourth-order valence-electron chi connectivity index (χ4n) is 3.03. The van der Waals surface area contributed by atoms with Crippen molar-refractivity contribution in [3.63, 3.8) is 0 Å². The van der Waals surface area contributed by atoms with Crippen molar-refractivity contribution in [3.05, 3.63) is 30.3 Å². The van der Waals surface area contributed by atoms with Gasteiger partial charge in [-0.2, -0.15) is 4.68 Å². The van der Waals surface area contributed by atoms with Crippen LogP contribution in [0.15, 0.2) is 30.3 Å². The lowest BCUT2D eigenvalue weighted by Gasteiger charge is -2.34. The first-order valence-corrected chi connectivity index (χ1v) is 8.10. The molecule has 0 bridgehead atoms. The molecule has 0 atom stereocenters. The lowest BCUT2D eigenvalue weighted by molar-refractivity contribution is 0.413. The number of benzene rings is 1. The molecule has 6 heteroatoms. The lowest BCUT2D eigenvalue weighted by Crippen LogP contribution is -2.40. The Morgan fingerprint density at radius 2 is 1.90 bits per heavy atom. The largest absolute Gasteiger partial charge is 0.335 e. The van der Waals surface area contributed by atoms with E-state index in [0.717, 1.165) is 18.2 Å². The molecule has 21 heavy (non-hydrogen) atoms. The van der Waals surface area contributed by atoms with Crippen LogP contribution in [0.3, 0.4) is 0 Å². The summed E-state index contributed by atoms with van der Waals surface area (Å²) in [6.07, 6.45) is 6.26. The molecule has 5 nitrogen and oxygen atoms in total. The van der Waals surface area contributed by atoms with Crippen LogP contribution in [0.5, 0.6) is 0 Å². The van der Waals surface area contributed by atoms with Gasteiger partial charge in [-0.3, -0.25) is 0 Å². The van der Waals surface area contributed by atoms with Gasteiger partial charge in [0.2, 0.25) is 0 Å². The molecule has 0 aliphatic heterocycles. The van der Waals surface area contributed by atoms with Crippen molar-refractivity contribution in [1.82, 2.24) is 20.2 Å². The van der Waals surface area contributed by atoms with E-state index in [1.54, 1.807) is 4.68 Å². The molecule has 1 heterocycles. The van der Waals surface area contributed by atoms with Crippen LogP contribution in [0.4, 0.5) is 5.95 Å². The number of para-hydroxylation sites is 1. The zero-order valence-corrected chi connectivity index (χ0v) is 12.8. The Hall–Kier alpha value is -1.62. The standard InChI is InChI=1S/C15H20ClN5/c16-11-12-20(13-7-3-1-4-8-13)15-17-18-19-21(15)14-9-5-2-6-10-14/h2,5-6,9-10,13H,1,3-4,7-8,11-12H2. The van der Waals surface area contributed by atoms with E-state index in [1.165, 1.54) is 32.1 Å². The molecular formula is C15H20ClN5. The summed E-state index contributed by atoms with van der Waals surface area (Å²) in [5, 5.41) is 12.3. The van der Waals surface area contributed by atoms with Gasteiger partial charge in [0, 0.05) is 18.5 Å². The maximum absolute atomic E-state index is 6.01. The predicted molar refractivity (Wildman–Crippen MR) is 84.1 cm³/mol. The number of nitrogens with zero attached hydrogens (tertiary/aromatic N) is 5. The van der Waals surface area contributed by atoms with Crippen molar-refractivity contribution < 1.29 is 0 Å². The van der Waals surface area contributed by atoms with Crippen LogP contribution >= 0.6 is 11.6 Å². The van der Waals surface area contributed by atoms with Crippen molar-refractivity contribution in [3.8, 4) is 5.69 Å². The Bertz CT molecular complexity index is 550. The Morgan fingerprint density at radius 3 is 2.62 bits per heavy atom. The molecule has 0 saturated heterocycles. The number of tetrazole rings is 1. The first kappa shape index (κ1) is 14.3. The number of hydrogen-bond acceptors (Lipinski definition) is 4. The third kappa shape index (κ3) is 3.18. The van der Waals surface area contributed by atoms with Gasteiger partial charge in [0.05, 0.1) is 5.69 Å². The highest BCUT2D eigenvalue weighted by Gasteiger charge is 2.25. The van der Waals surface area contributed by atoms with Crippen LogP contribution in [0, 0.1) is 0 Å². The maximum atomic E-state index is 6.01. The van der Waals surface area contributed by atoms with Crippen LogP contribution < -0.4 is 4.90 Å². The molecule has 1 fully saturated rings. The molecule has 3 rings (SSSR count). The topological polar surface area (TPSA) is 46.8 Å². The van der Waals surface area contributed by atoms with E-state index in [1.807, 2.05) is 30.3 Å². The Morgan fingerprint density at radius 1 is 1.14 bits per heavy atom. The lowest BCUT2D eigenvalue weighted by atomic mass is 9.94. The molecular weight excluding hydrogens is 286 g/mol. The summed E-state index contributed by atoms with van der Waals surface area (Å²) in [4.78, 5) is 2.28. The smallest absolute Gasteiger partial charge is 0.250 e. The first-order valence-electron chi connectivity index (χ1n) is 7.56. The second-order valence-corrected chi connectivity index (χ2v) is 5.78. The summed E-state index contributed by atoms with van der Waals surface area (Å²) < 4.78 is 1.81. The Balaban J connectivity index is 1.91. The molecule has 1 aliphatic carbocycles. The third-order valence-electron chi connectivity index (χ3n) is 4.05. The summed E-state index contributed by atoms with van der Waals surface area (Å²) in [5.74, 6) is 1.38. The summed E-state index contributed by atoms with van der Waals surface area (Å²) in [5.41, 5.74) is 0.980. The van der Waals surface area contributed by atoms with Gasteiger partial charge in [-0.1, -0.05) is 42.6 Å². The van der Waals surface area contributed by atoms with Crippen LogP contribution in [0.2, 0.25) is 0 Å². The van der Waals surface area contributed by atoms with Gasteiger partial charge in [-0.25, -0.2) is 0 Å². The molecule has 1 saturated carbocycles. The minimum atomic E-state index is 0.492. The molecule has 1 aromatic heterocycles. The third-order valence-corrected chi connectivity index (χ3v) is 4.22. The molecule has 0 amide bonds. The van der Waals surface area contributed by atoms with Gasteiger partial charge in [-0.05, 0) is 35.4 Å². The first-order chi connectivity index (χ1) is 10.4. The number of rotatable bonds is 5. The molecule has 1 aliphatic rings. The van der Waals surface area contributed by atoms with E-state index in [-0.39, 0.29) is 0 Å². The number of aromatic nitrogens is 4. The second-order valence-electron chi connectivity index (χ2n) is 5.40. The minimum absolute atomic E-state index is 0.492. The van der Waals surface area contributed by atoms with Gasteiger partial charge >= 0.3 is 0 Å². The summed E-state index contributed by atoms with van der Waals surface area (Å²) in [7, 11) is 0.